The number of rotatable bonds is 3. The second-order valence-electron chi connectivity index (χ2n) is 6.12. The van der Waals surface area contributed by atoms with Crippen molar-refractivity contribution in [3.63, 3.8) is 0 Å². The van der Waals surface area contributed by atoms with E-state index in [1.165, 1.54) is 0 Å². The van der Waals surface area contributed by atoms with Gasteiger partial charge in [-0.1, -0.05) is 0 Å². The van der Waals surface area contributed by atoms with Gasteiger partial charge < -0.3 is 10.6 Å². The molecule has 1 atom stereocenters. The average Bonchev–Trinajstić information content (AvgIpc) is 2.98. The summed E-state index contributed by atoms with van der Waals surface area (Å²) in [5.74, 6) is 0.124. The second-order valence-corrected chi connectivity index (χ2v) is 6.12. The van der Waals surface area contributed by atoms with Crippen LogP contribution in [0.25, 0.3) is 0 Å². The zero-order chi connectivity index (χ0) is 14.7. The van der Waals surface area contributed by atoms with Gasteiger partial charge in [0.1, 0.15) is 0 Å². The first-order chi connectivity index (χ1) is 10.2. The first kappa shape index (κ1) is 14.5. The van der Waals surface area contributed by atoms with Crippen molar-refractivity contribution in [3.05, 3.63) is 24.0 Å². The number of pyridine rings is 1. The fourth-order valence-electron chi connectivity index (χ4n) is 3.49. The van der Waals surface area contributed by atoms with Crippen molar-refractivity contribution in [2.45, 2.75) is 44.7 Å². The van der Waals surface area contributed by atoms with E-state index in [0.29, 0.717) is 6.04 Å². The molecule has 5 nitrogen and oxygen atoms in total. The SMILES string of the molecule is Cc1cncc(NC(=O)C2CCCN2C2CCNCC2)c1. The maximum atomic E-state index is 12.6. The van der Waals surface area contributed by atoms with Crippen LogP contribution in [0.5, 0.6) is 0 Å². The number of piperidine rings is 1. The number of carbonyl (C=O) groups is 1. The van der Waals surface area contributed by atoms with Crippen LogP contribution in [-0.4, -0.2) is 47.5 Å². The van der Waals surface area contributed by atoms with Gasteiger partial charge >= 0.3 is 0 Å². The molecule has 2 aliphatic rings. The minimum Gasteiger partial charge on any atom is -0.323 e. The normalized spacial score (nSPS) is 24.1. The summed E-state index contributed by atoms with van der Waals surface area (Å²) in [6.07, 6.45) is 7.90. The van der Waals surface area contributed by atoms with Crippen LogP contribution in [-0.2, 0) is 4.79 Å². The molecule has 3 rings (SSSR count). The van der Waals surface area contributed by atoms with Gasteiger partial charge in [0.2, 0.25) is 5.91 Å². The topological polar surface area (TPSA) is 57.3 Å². The standard InChI is InChI=1S/C16H24N4O/c1-12-9-13(11-18-10-12)19-16(21)15-3-2-8-20(15)14-4-6-17-7-5-14/h9-11,14-15,17H,2-8H2,1H3,(H,19,21). The molecule has 114 valence electrons. The van der Waals surface area contributed by atoms with E-state index < -0.39 is 0 Å². The van der Waals surface area contributed by atoms with Crippen LogP contribution in [0.3, 0.4) is 0 Å². The van der Waals surface area contributed by atoms with Gasteiger partial charge in [-0.25, -0.2) is 0 Å². The number of hydrogen-bond acceptors (Lipinski definition) is 4. The van der Waals surface area contributed by atoms with Crippen molar-refractivity contribution in [2.75, 3.05) is 25.0 Å². The highest BCUT2D eigenvalue weighted by Crippen LogP contribution is 2.25. The van der Waals surface area contributed by atoms with Crippen LogP contribution in [0, 0.1) is 6.92 Å². The molecule has 1 aromatic heterocycles. The summed E-state index contributed by atoms with van der Waals surface area (Å²) in [6.45, 7) is 5.17. The third-order valence-electron chi connectivity index (χ3n) is 4.52. The van der Waals surface area contributed by atoms with E-state index in [9.17, 15) is 4.79 Å². The lowest BCUT2D eigenvalue weighted by Crippen LogP contribution is -2.49. The predicted octanol–water partition coefficient (Wildman–Crippen LogP) is 1.54. The van der Waals surface area contributed by atoms with Crippen molar-refractivity contribution in [2.24, 2.45) is 0 Å². The number of amides is 1. The Hall–Kier alpha value is -1.46. The van der Waals surface area contributed by atoms with Gasteiger partial charge in [-0.3, -0.25) is 14.7 Å². The Morgan fingerprint density at radius 2 is 2.14 bits per heavy atom. The number of nitrogens with zero attached hydrogens (tertiary/aromatic N) is 2. The Bertz CT molecular complexity index is 499. The lowest BCUT2D eigenvalue weighted by Gasteiger charge is -2.35. The fraction of sp³-hybridized carbons (Fsp3) is 0.625. The first-order valence-electron chi connectivity index (χ1n) is 7.93. The summed E-state index contributed by atoms with van der Waals surface area (Å²) in [5, 5.41) is 6.43. The predicted molar refractivity (Wildman–Crippen MR) is 83.2 cm³/mol. The number of likely N-dealkylation sites (tertiary alicyclic amines) is 1. The third-order valence-corrected chi connectivity index (χ3v) is 4.52. The van der Waals surface area contributed by atoms with Gasteiger partial charge in [-0.15, -0.1) is 0 Å². The van der Waals surface area contributed by atoms with Crippen molar-refractivity contribution in [1.82, 2.24) is 15.2 Å². The Kier molecular flexibility index (Phi) is 4.51. The molecule has 21 heavy (non-hydrogen) atoms. The van der Waals surface area contributed by atoms with Crippen LogP contribution in [0.4, 0.5) is 5.69 Å². The van der Waals surface area contributed by atoms with Gasteiger partial charge in [0, 0.05) is 12.2 Å². The van der Waals surface area contributed by atoms with E-state index in [1.807, 2.05) is 13.0 Å². The number of aromatic nitrogens is 1. The summed E-state index contributed by atoms with van der Waals surface area (Å²) >= 11 is 0. The molecule has 0 aliphatic carbocycles. The van der Waals surface area contributed by atoms with Gasteiger partial charge in [-0.05, 0) is 63.9 Å². The van der Waals surface area contributed by atoms with E-state index in [4.69, 9.17) is 0 Å². The Morgan fingerprint density at radius 1 is 1.33 bits per heavy atom. The summed E-state index contributed by atoms with van der Waals surface area (Å²) in [4.78, 5) is 19.1. The number of aryl methyl sites for hydroxylation is 1. The highest BCUT2D eigenvalue weighted by atomic mass is 16.2. The summed E-state index contributed by atoms with van der Waals surface area (Å²) in [5.41, 5.74) is 1.87. The number of hydrogen-bond donors (Lipinski definition) is 2. The van der Waals surface area contributed by atoms with Crippen LogP contribution >= 0.6 is 0 Å². The fourth-order valence-corrected chi connectivity index (χ4v) is 3.49. The molecule has 2 saturated heterocycles. The maximum absolute atomic E-state index is 12.6. The van der Waals surface area contributed by atoms with Gasteiger partial charge in [-0.2, -0.15) is 0 Å². The van der Waals surface area contributed by atoms with E-state index in [-0.39, 0.29) is 11.9 Å². The summed E-state index contributed by atoms with van der Waals surface area (Å²) in [6, 6.07) is 2.54. The Labute approximate surface area is 126 Å². The molecular formula is C16H24N4O. The minimum absolute atomic E-state index is 0.0219. The van der Waals surface area contributed by atoms with Crippen LogP contribution in [0.2, 0.25) is 0 Å². The molecule has 0 saturated carbocycles. The Morgan fingerprint density at radius 3 is 2.90 bits per heavy atom. The number of carbonyl (C=O) groups excluding carboxylic acids is 1. The van der Waals surface area contributed by atoms with Crippen molar-refractivity contribution < 1.29 is 4.79 Å². The van der Waals surface area contributed by atoms with Crippen molar-refractivity contribution in [1.29, 1.82) is 0 Å². The van der Waals surface area contributed by atoms with Crippen molar-refractivity contribution >= 4 is 11.6 Å². The molecule has 1 amide bonds. The van der Waals surface area contributed by atoms with E-state index >= 15 is 0 Å². The smallest absolute Gasteiger partial charge is 0.241 e. The molecular weight excluding hydrogens is 264 g/mol. The Balaban J connectivity index is 1.65. The third kappa shape index (κ3) is 3.41. The molecule has 1 unspecified atom stereocenters. The average molecular weight is 288 g/mol. The zero-order valence-corrected chi connectivity index (χ0v) is 12.6. The molecule has 0 spiro atoms. The maximum Gasteiger partial charge on any atom is 0.241 e. The molecule has 1 aromatic rings. The van der Waals surface area contributed by atoms with Crippen LogP contribution in [0.1, 0.15) is 31.2 Å². The van der Waals surface area contributed by atoms with Crippen molar-refractivity contribution in [3.8, 4) is 0 Å². The summed E-state index contributed by atoms with van der Waals surface area (Å²) < 4.78 is 0. The molecule has 2 fully saturated rings. The van der Waals surface area contributed by atoms with Gasteiger partial charge in [0.05, 0.1) is 17.9 Å². The molecule has 0 radical (unpaired) electrons. The number of nitrogens with one attached hydrogen (secondary N) is 2. The highest BCUT2D eigenvalue weighted by Gasteiger charge is 2.35. The van der Waals surface area contributed by atoms with Gasteiger partial charge in [0.25, 0.3) is 0 Å². The molecule has 5 heteroatoms. The summed E-state index contributed by atoms with van der Waals surface area (Å²) in [7, 11) is 0. The molecule has 0 bridgehead atoms. The number of anilines is 1. The lowest BCUT2D eigenvalue weighted by atomic mass is 10.0. The quantitative estimate of drug-likeness (QED) is 0.886. The first-order valence-corrected chi connectivity index (χ1v) is 7.93. The van der Waals surface area contributed by atoms with E-state index in [2.05, 4.69) is 20.5 Å². The van der Waals surface area contributed by atoms with E-state index in [1.54, 1.807) is 12.4 Å². The van der Waals surface area contributed by atoms with Gasteiger partial charge in [0.15, 0.2) is 0 Å². The molecule has 0 aromatic carbocycles. The highest BCUT2D eigenvalue weighted by molar-refractivity contribution is 5.95. The largest absolute Gasteiger partial charge is 0.323 e. The zero-order valence-electron chi connectivity index (χ0n) is 12.6. The van der Waals surface area contributed by atoms with Crippen LogP contribution in [0.15, 0.2) is 18.5 Å². The van der Waals surface area contributed by atoms with Crippen LogP contribution < -0.4 is 10.6 Å². The molecule has 3 heterocycles. The van der Waals surface area contributed by atoms with E-state index in [0.717, 1.165) is 56.6 Å². The second kappa shape index (κ2) is 6.54. The molecule has 2 aliphatic heterocycles. The lowest BCUT2D eigenvalue weighted by molar-refractivity contribution is -0.121. The monoisotopic (exact) mass is 288 g/mol. The molecule has 2 N–H and O–H groups in total. The minimum atomic E-state index is 0.0219.